The minimum absolute atomic E-state index is 0.283. The summed E-state index contributed by atoms with van der Waals surface area (Å²) >= 11 is 6.10. The summed E-state index contributed by atoms with van der Waals surface area (Å²) in [6.07, 6.45) is -0.505. The molecule has 0 saturated carbocycles. The van der Waals surface area contributed by atoms with Crippen LogP contribution < -0.4 is 10.1 Å². The summed E-state index contributed by atoms with van der Waals surface area (Å²) in [4.78, 5) is 0. The van der Waals surface area contributed by atoms with Crippen molar-refractivity contribution >= 4 is 11.6 Å². The topological polar surface area (TPSA) is 41.5 Å². The molecule has 1 aromatic rings. The van der Waals surface area contributed by atoms with E-state index in [9.17, 15) is 5.11 Å². The first-order valence-corrected chi connectivity index (χ1v) is 7.06. The molecule has 108 valence electrons. The van der Waals surface area contributed by atoms with Crippen LogP contribution in [0, 0.1) is 19.8 Å². The van der Waals surface area contributed by atoms with Crippen molar-refractivity contribution in [1.82, 2.24) is 5.32 Å². The molecule has 0 aliphatic heterocycles. The third-order valence-corrected chi connectivity index (χ3v) is 3.38. The van der Waals surface area contributed by atoms with Crippen molar-refractivity contribution in [1.29, 1.82) is 0 Å². The highest BCUT2D eigenvalue weighted by Crippen LogP contribution is 2.25. The molecule has 0 aromatic heterocycles. The van der Waals surface area contributed by atoms with E-state index >= 15 is 0 Å². The highest BCUT2D eigenvalue weighted by Gasteiger charge is 2.07. The van der Waals surface area contributed by atoms with Crippen LogP contribution in [0.25, 0.3) is 0 Å². The van der Waals surface area contributed by atoms with Gasteiger partial charge in [-0.1, -0.05) is 25.4 Å². The molecule has 0 amide bonds. The van der Waals surface area contributed by atoms with Crippen molar-refractivity contribution in [3.63, 3.8) is 0 Å². The van der Waals surface area contributed by atoms with Gasteiger partial charge in [0.15, 0.2) is 0 Å². The van der Waals surface area contributed by atoms with Gasteiger partial charge >= 0.3 is 0 Å². The largest absolute Gasteiger partial charge is 0.491 e. The molecule has 3 nitrogen and oxygen atoms in total. The maximum atomic E-state index is 9.80. The number of hydrogen-bond acceptors (Lipinski definition) is 3. The lowest BCUT2D eigenvalue weighted by molar-refractivity contribution is 0.106. The fraction of sp³-hybridized carbons (Fsp3) is 0.600. The van der Waals surface area contributed by atoms with Crippen LogP contribution in [0.3, 0.4) is 0 Å². The number of aliphatic hydroxyl groups is 1. The van der Waals surface area contributed by atoms with Crippen molar-refractivity contribution in [3.8, 4) is 5.75 Å². The summed E-state index contributed by atoms with van der Waals surface area (Å²) in [7, 11) is 0. The van der Waals surface area contributed by atoms with Gasteiger partial charge in [0.1, 0.15) is 18.5 Å². The van der Waals surface area contributed by atoms with Crippen LogP contribution in [0.1, 0.15) is 25.0 Å². The second-order valence-corrected chi connectivity index (χ2v) is 5.77. The van der Waals surface area contributed by atoms with Crippen LogP contribution in [-0.2, 0) is 0 Å². The van der Waals surface area contributed by atoms with Crippen LogP contribution in [-0.4, -0.2) is 30.9 Å². The SMILES string of the molecule is Cc1cc(OCC(O)CNCC(C)C)cc(C)c1Cl. The zero-order chi connectivity index (χ0) is 14.4. The molecule has 0 heterocycles. The van der Waals surface area contributed by atoms with E-state index in [-0.39, 0.29) is 6.61 Å². The number of aliphatic hydroxyl groups excluding tert-OH is 1. The van der Waals surface area contributed by atoms with Crippen molar-refractivity contribution < 1.29 is 9.84 Å². The fourth-order valence-electron chi connectivity index (χ4n) is 1.78. The molecule has 0 saturated heterocycles. The highest BCUT2D eigenvalue weighted by molar-refractivity contribution is 6.32. The number of ether oxygens (including phenoxy) is 1. The van der Waals surface area contributed by atoms with Crippen LogP contribution in [0.4, 0.5) is 0 Å². The molecule has 0 bridgehead atoms. The number of rotatable bonds is 7. The van der Waals surface area contributed by atoms with E-state index in [1.54, 1.807) is 0 Å². The van der Waals surface area contributed by atoms with E-state index in [0.717, 1.165) is 28.4 Å². The van der Waals surface area contributed by atoms with Gasteiger partial charge in [-0.25, -0.2) is 0 Å². The Balaban J connectivity index is 2.40. The lowest BCUT2D eigenvalue weighted by Gasteiger charge is -2.15. The molecule has 4 heteroatoms. The molecule has 1 aromatic carbocycles. The van der Waals surface area contributed by atoms with E-state index in [2.05, 4.69) is 19.2 Å². The smallest absolute Gasteiger partial charge is 0.120 e. The van der Waals surface area contributed by atoms with Gasteiger partial charge in [0.2, 0.25) is 0 Å². The minimum Gasteiger partial charge on any atom is -0.491 e. The molecule has 2 N–H and O–H groups in total. The Morgan fingerprint density at radius 1 is 1.21 bits per heavy atom. The zero-order valence-electron chi connectivity index (χ0n) is 12.2. The van der Waals surface area contributed by atoms with Gasteiger partial charge in [-0.15, -0.1) is 0 Å². The lowest BCUT2D eigenvalue weighted by atomic mass is 10.1. The Bertz CT molecular complexity index is 384. The van der Waals surface area contributed by atoms with E-state index in [1.165, 1.54) is 0 Å². The molecule has 0 fully saturated rings. The van der Waals surface area contributed by atoms with E-state index in [4.69, 9.17) is 16.3 Å². The quantitative estimate of drug-likeness (QED) is 0.809. The average molecular weight is 286 g/mol. The normalized spacial score (nSPS) is 12.8. The Kier molecular flexibility index (Phi) is 6.63. The lowest BCUT2D eigenvalue weighted by Crippen LogP contribution is -2.33. The maximum Gasteiger partial charge on any atom is 0.120 e. The second-order valence-electron chi connectivity index (χ2n) is 5.39. The zero-order valence-corrected chi connectivity index (χ0v) is 12.9. The van der Waals surface area contributed by atoms with Gasteiger partial charge in [0.25, 0.3) is 0 Å². The van der Waals surface area contributed by atoms with Gasteiger partial charge < -0.3 is 15.2 Å². The summed E-state index contributed by atoms with van der Waals surface area (Å²) in [6, 6.07) is 3.78. The van der Waals surface area contributed by atoms with E-state index in [1.807, 2.05) is 26.0 Å². The molecular formula is C15H24ClNO2. The number of aryl methyl sites for hydroxylation is 2. The van der Waals surface area contributed by atoms with Gasteiger partial charge in [-0.3, -0.25) is 0 Å². The first-order chi connectivity index (χ1) is 8.90. The van der Waals surface area contributed by atoms with Crippen LogP contribution >= 0.6 is 11.6 Å². The van der Waals surface area contributed by atoms with E-state index in [0.29, 0.717) is 12.5 Å². The predicted octanol–water partition coefficient (Wildman–Crippen LogP) is 2.94. The summed E-state index contributed by atoms with van der Waals surface area (Å²) in [5, 5.41) is 13.8. The Morgan fingerprint density at radius 2 is 1.79 bits per heavy atom. The summed E-state index contributed by atoms with van der Waals surface area (Å²) < 4.78 is 5.59. The van der Waals surface area contributed by atoms with Gasteiger partial charge in [0.05, 0.1) is 0 Å². The standard InChI is InChI=1S/C15H24ClNO2/c1-10(2)7-17-8-13(18)9-19-14-5-11(3)15(16)12(4)6-14/h5-6,10,13,17-18H,7-9H2,1-4H3. The predicted molar refractivity (Wildman–Crippen MR) is 80.1 cm³/mol. The van der Waals surface area contributed by atoms with Crippen LogP contribution in [0.15, 0.2) is 12.1 Å². The molecule has 1 unspecified atom stereocenters. The monoisotopic (exact) mass is 285 g/mol. The molecule has 0 radical (unpaired) electrons. The second kappa shape index (κ2) is 7.73. The number of halogens is 1. The third kappa shape index (κ3) is 5.81. The first kappa shape index (κ1) is 16.3. The van der Waals surface area contributed by atoms with Crippen molar-refractivity contribution in [2.24, 2.45) is 5.92 Å². The molecule has 19 heavy (non-hydrogen) atoms. The summed E-state index contributed by atoms with van der Waals surface area (Å²) in [5.74, 6) is 1.33. The molecule has 0 aliphatic carbocycles. The Morgan fingerprint density at radius 3 is 2.32 bits per heavy atom. The molecule has 0 aliphatic rings. The molecule has 0 spiro atoms. The molecule has 1 atom stereocenters. The number of nitrogens with one attached hydrogen (secondary N) is 1. The Hall–Kier alpha value is -0.770. The molecule has 1 rings (SSSR count). The number of benzene rings is 1. The van der Waals surface area contributed by atoms with Crippen molar-refractivity contribution in [2.45, 2.75) is 33.8 Å². The molecular weight excluding hydrogens is 262 g/mol. The Labute approximate surface area is 120 Å². The highest BCUT2D eigenvalue weighted by atomic mass is 35.5. The number of hydrogen-bond donors (Lipinski definition) is 2. The van der Waals surface area contributed by atoms with Gasteiger partial charge in [0, 0.05) is 11.6 Å². The van der Waals surface area contributed by atoms with Gasteiger partial charge in [-0.05, 0) is 49.6 Å². The summed E-state index contributed by atoms with van der Waals surface area (Å²) in [5.41, 5.74) is 1.98. The van der Waals surface area contributed by atoms with Crippen molar-refractivity contribution in [3.05, 3.63) is 28.3 Å². The summed E-state index contributed by atoms with van der Waals surface area (Å²) in [6.45, 7) is 9.89. The average Bonchev–Trinajstić information content (AvgIpc) is 2.32. The van der Waals surface area contributed by atoms with E-state index < -0.39 is 6.10 Å². The van der Waals surface area contributed by atoms with Crippen LogP contribution in [0.2, 0.25) is 5.02 Å². The van der Waals surface area contributed by atoms with Crippen LogP contribution in [0.5, 0.6) is 5.75 Å². The fourth-order valence-corrected chi connectivity index (χ4v) is 1.89. The van der Waals surface area contributed by atoms with Crippen molar-refractivity contribution in [2.75, 3.05) is 19.7 Å². The third-order valence-electron chi connectivity index (χ3n) is 2.78. The first-order valence-electron chi connectivity index (χ1n) is 6.68. The van der Waals surface area contributed by atoms with Gasteiger partial charge in [-0.2, -0.15) is 0 Å². The maximum absolute atomic E-state index is 9.80. The minimum atomic E-state index is -0.505.